The minimum absolute atomic E-state index is 0.0301. The van der Waals surface area contributed by atoms with Crippen molar-refractivity contribution in [1.29, 1.82) is 0 Å². The summed E-state index contributed by atoms with van der Waals surface area (Å²) in [5.74, 6) is 0.156. The van der Waals surface area contributed by atoms with E-state index in [1.54, 1.807) is 0 Å². The zero-order valence-electron chi connectivity index (χ0n) is 10.5. The Labute approximate surface area is 107 Å². The SMILES string of the molecule is Cc1ccc(CC(C)NC(=O)[C@@H]2CCCN2)s1. The van der Waals surface area contributed by atoms with Crippen LogP contribution in [0.25, 0.3) is 0 Å². The number of nitrogens with one attached hydrogen (secondary N) is 2. The summed E-state index contributed by atoms with van der Waals surface area (Å²) < 4.78 is 0. The van der Waals surface area contributed by atoms with Crippen LogP contribution >= 0.6 is 11.3 Å². The Morgan fingerprint density at radius 3 is 3.06 bits per heavy atom. The predicted molar refractivity (Wildman–Crippen MR) is 71.4 cm³/mol. The van der Waals surface area contributed by atoms with Crippen molar-refractivity contribution in [3.8, 4) is 0 Å². The second kappa shape index (κ2) is 5.65. The lowest BCUT2D eigenvalue weighted by Gasteiger charge is -2.16. The monoisotopic (exact) mass is 252 g/mol. The van der Waals surface area contributed by atoms with Crippen molar-refractivity contribution in [2.75, 3.05) is 6.54 Å². The number of thiophene rings is 1. The quantitative estimate of drug-likeness (QED) is 0.859. The summed E-state index contributed by atoms with van der Waals surface area (Å²) in [4.78, 5) is 14.6. The topological polar surface area (TPSA) is 41.1 Å². The highest BCUT2D eigenvalue weighted by Crippen LogP contribution is 2.16. The van der Waals surface area contributed by atoms with Gasteiger partial charge in [0.1, 0.15) is 0 Å². The number of carbonyl (C=O) groups excluding carboxylic acids is 1. The van der Waals surface area contributed by atoms with Crippen molar-refractivity contribution in [1.82, 2.24) is 10.6 Å². The molecule has 1 saturated heterocycles. The van der Waals surface area contributed by atoms with E-state index in [1.165, 1.54) is 9.75 Å². The number of hydrogen-bond donors (Lipinski definition) is 2. The van der Waals surface area contributed by atoms with Crippen LogP contribution in [0, 0.1) is 6.92 Å². The number of hydrogen-bond acceptors (Lipinski definition) is 3. The van der Waals surface area contributed by atoms with Crippen LogP contribution in [0.3, 0.4) is 0 Å². The van der Waals surface area contributed by atoms with E-state index in [2.05, 4.69) is 36.6 Å². The number of rotatable bonds is 4. The Kier molecular flexibility index (Phi) is 4.18. The Balaban J connectivity index is 1.80. The minimum atomic E-state index is 0.0301. The van der Waals surface area contributed by atoms with Crippen molar-refractivity contribution < 1.29 is 4.79 Å². The van der Waals surface area contributed by atoms with Gasteiger partial charge in [0.05, 0.1) is 6.04 Å². The van der Waals surface area contributed by atoms with Gasteiger partial charge < -0.3 is 10.6 Å². The van der Waals surface area contributed by atoms with Gasteiger partial charge >= 0.3 is 0 Å². The maximum Gasteiger partial charge on any atom is 0.237 e. The molecule has 0 radical (unpaired) electrons. The summed E-state index contributed by atoms with van der Waals surface area (Å²) in [5, 5.41) is 6.31. The molecule has 2 atom stereocenters. The second-order valence-corrected chi connectivity index (χ2v) is 6.15. The van der Waals surface area contributed by atoms with Crippen molar-refractivity contribution in [2.24, 2.45) is 0 Å². The third-order valence-corrected chi connectivity index (χ3v) is 4.09. The fourth-order valence-corrected chi connectivity index (χ4v) is 3.22. The molecule has 0 saturated carbocycles. The molecule has 2 heterocycles. The van der Waals surface area contributed by atoms with E-state index in [9.17, 15) is 4.79 Å². The van der Waals surface area contributed by atoms with Crippen LogP contribution in [0.1, 0.15) is 29.5 Å². The number of amides is 1. The first kappa shape index (κ1) is 12.6. The van der Waals surface area contributed by atoms with Gasteiger partial charge in [-0.05, 0) is 45.4 Å². The molecule has 2 N–H and O–H groups in total. The molecule has 1 aliphatic heterocycles. The van der Waals surface area contributed by atoms with E-state index >= 15 is 0 Å². The van der Waals surface area contributed by atoms with E-state index in [0.717, 1.165) is 25.8 Å². The Bertz CT molecular complexity index is 383. The molecule has 17 heavy (non-hydrogen) atoms. The van der Waals surface area contributed by atoms with Gasteiger partial charge in [0.25, 0.3) is 0 Å². The van der Waals surface area contributed by atoms with Crippen molar-refractivity contribution >= 4 is 17.2 Å². The molecule has 0 spiro atoms. The van der Waals surface area contributed by atoms with E-state index in [1.807, 2.05) is 11.3 Å². The van der Waals surface area contributed by atoms with Gasteiger partial charge in [0, 0.05) is 22.2 Å². The number of aryl methyl sites for hydroxylation is 1. The average Bonchev–Trinajstić information content (AvgIpc) is 2.89. The molecular weight excluding hydrogens is 232 g/mol. The molecule has 1 aromatic rings. The first-order chi connectivity index (χ1) is 8.15. The summed E-state index contributed by atoms with van der Waals surface area (Å²) >= 11 is 1.81. The highest BCUT2D eigenvalue weighted by molar-refractivity contribution is 7.11. The second-order valence-electron chi connectivity index (χ2n) is 4.78. The van der Waals surface area contributed by atoms with Crippen LogP contribution in [-0.2, 0) is 11.2 Å². The Morgan fingerprint density at radius 1 is 1.65 bits per heavy atom. The van der Waals surface area contributed by atoms with Gasteiger partial charge in [-0.15, -0.1) is 11.3 Å². The maximum absolute atomic E-state index is 11.9. The predicted octanol–water partition coefficient (Wildman–Crippen LogP) is 1.86. The van der Waals surface area contributed by atoms with Gasteiger partial charge in [-0.1, -0.05) is 0 Å². The smallest absolute Gasteiger partial charge is 0.237 e. The van der Waals surface area contributed by atoms with Crippen molar-refractivity contribution in [3.05, 3.63) is 21.9 Å². The maximum atomic E-state index is 11.9. The van der Waals surface area contributed by atoms with Gasteiger partial charge in [-0.25, -0.2) is 0 Å². The molecule has 1 aromatic heterocycles. The van der Waals surface area contributed by atoms with Crippen LogP contribution in [0.4, 0.5) is 0 Å². The van der Waals surface area contributed by atoms with Crippen LogP contribution < -0.4 is 10.6 Å². The highest BCUT2D eigenvalue weighted by Gasteiger charge is 2.22. The Morgan fingerprint density at radius 2 is 2.47 bits per heavy atom. The summed E-state index contributed by atoms with van der Waals surface area (Å²) in [6.07, 6.45) is 3.00. The van der Waals surface area contributed by atoms with E-state index in [-0.39, 0.29) is 18.0 Å². The fourth-order valence-electron chi connectivity index (χ4n) is 2.20. The summed E-state index contributed by atoms with van der Waals surface area (Å²) in [7, 11) is 0. The molecule has 94 valence electrons. The van der Waals surface area contributed by atoms with Crippen molar-refractivity contribution in [2.45, 2.75) is 45.2 Å². The van der Waals surface area contributed by atoms with E-state index in [4.69, 9.17) is 0 Å². The van der Waals surface area contributed by atoms with Crippen LogP contribution in [-0.4, -0.2) is 24.5 Å². The molecule has 2 rings (SSSR count). The molecule has 1 amide bonds. The summed E-state index contributed by atoms with van der Waals surface area (Å²) in [6.45, 7) is 5.15. The van der Waals surface area contributed by atoms with E-state index < -0.39 is 0 Å². The molecule has 3 nitrogen and oxygen atoms in total. The first-order valence-electron chi connectivity index (χ1n) is 6.24. The minimum Gasteiger partial charge on any atom is -0.352 e. The normalized spacial score (nSPS) is 21.4. The van der Waals surface area contributed by atoms with Crippen LogP contribution in [0.15, 0.2) is 12.1 Å². The molecule has 0 bridgehead atoms. The zero-order valence-corrected chi connectivity index (χ0v) is 11.3. The zero-order chi connectivity index (χ0) is 12.3. The molecular formula is C13H20N2OS. The Hall–Kier alpha value is -0.870. The first-order valence-corrected chi connectivity index (χ1v) is 7.06. The summed E-state index contributed by atoms with van der Waals surface area (Å²) in [6, 6.07) is 4.52. The average molecular weight is 252 g/mol. The molecule has 1 aliphatic rings. The highest BCUT2D eigenvalue weighted by atomic mass is 32.1. The van der Waals surface area contributed by atoms with Gasteiger partial charge in [-0.2, -0.15) is 0 Å². The number of carbonyl (C=O) groups is 1. The fraction of sp³-hybridized carbons (Fsp3) is 0.615. The lowest BCUT2D eigenvalue weighted by atomic mass is 10.1. The lowest BCUT2D eigenvalue weighted by Crippen LogP contribution is -2.44. The molecule has 0 aliphatic carbocycles. The lowest BCUT2D eigenvalue weighted by molar-refractivity contribution is -0.123. The van der Waals surface area contributed by atoms with Crippen LogP contribution in [0.2, 0.25) is 0 Å². The molecule has 0 aromatic carbocycles. The third kappa shape index (κ3) is 3.54. The van der Waals surface area contributed by atoms with E-state index in [0.29, 0.717) is 0 Å². The molecule has 1 fully saturated rings. The van der Waals surface area contributed by atoms with Gasteiger partial charge in [0.2, 0.25) is 5.91 Å². The molecule has 1 unspecified atom stereocenters. The van der Waals surface area contributed by atoms with Gasteiger partial charge in [0.15, 0.2) is 0 Å². The van der Waals surface area contributed by atoms with Crippen molar-refractivity contribution in [3.63, 3.8) is 0 Å². The van der Waals surface area contributed by atoms with Crippen LogP contribution in [0.5, 0.6) is 0 Å². The van der Waals surface area contributed by atoms with Gasteiger partial charge in [-0.3, -0.25) is 4.79 Å². The largest absolute Gasteiger partial charge is 0.352 e. The molecule has 4 heteroatoms. The third-order valence-electron chi connectivity index (χ3n) is 3.07. The standard InChI is InChI=1S/C13H20N2OS/c1-9(8-11-6-5-10(2)17-11)15-13(16)12-4-3-7-14-12/h5-6,9,12,14H,3-4,7-8H2,1-2H3,(H,15,16)/t9?,12-/m0/s1. The summed E-state index contributed by atoms with van der Waals surface area (Å²) in [5.41, 5.74) is 0.